The van der Waals surface area contributed by atoms with Gasteiger partial charge in [0, 0.05) is 23.7 Å². The first-order valence-electron chi connectivity index (χ1n) is 10.6. The summed E-state index contributed by atoms with van der Waals surface area (Å²) in [6.07, 6.45) is 22.9. The van der Waals surface area contributed by atoms with E-state index in [0.29, 0.717) is 11.8 Å². The van der Waals surface area contributed by atoms with E-state index >= 15 is 0 Å². The number of fused-ring (bicyclic) bond motifs is 2. The monoisotopic (exact) mass is 530 g/mol. The zero-order valence-electron chi connectivity index (χ0n) is 18.7. The van der Waals surface area contributed by atoms with Crippen LogP contribution in [0.5, 0.6) is 0 Å². The van der Waals surface area contributed by atoms with Crippen LogP contribution in [-0.2, 0) is 20.8 Å². The average Bonchev–Trinajstić information content (AvgIpc) is 3.28. The summed E-state index contributed by atoms with van der Waals surface area (Å²) >= 11 is -0.826. The maximum atomic E-state index is 4.93. The van der Waals surface area contributed by atoms with Gasteiger partial charge in [-0.1, -0.05) is 89.4 Å². The van der Waals surface area contributed by atoms with Crippen molar-refractivity contribution in [2.45, 2.75) is 40.8 Å². The molecule has 4 rings (SSSR count). The molecule has 4 heteroatoms. The molecule has 0 bridgehead atoms. The van der Waals surface area contributed by atoms with Crippen LogP contribution in [-0.4, -0.2) is 8.07 Å². The van der Waals surface area contributed by atoms with Crippen LogP contribution in [0.15, 0.2) is 48.6 Å². The Kier molecular flexibility index (Phi) is 9.02. The molecule has 2 fully saturated rings. The first kappa shape index (κ1) is 25.3. The van der Waals surface area contributed by atoms with Crippen LogP contribution in [0.4, 0.5) is 0 Å². The molecule has 0 spiro atoms. The van der Waals surface area contributed by atoms with Gasteiger partial charge in [-0.25, -0.2) is 0 Å². The predicted molar refractivity (Wildman–Crippen MR) is 130 cm³/mol. The van der Waals surface area contributed by atoms with Gasteiger partial charge in [0.15, 0.2) is 0 Å². The summed E-state index contributed by atoms with van der Waals surface area (Å²) in [5.41, 5.74) is 3.29. The summed E-state index contributed by atoms with van der Waals surface area (Å²) in [4.78, 5) is 0. The van der Waals surface area contributed by atoms with Gasteiger partial charge in [-0.2, -0.15) is 0 Å². The van der Waals surface area contributed by atoms with Crippen molar-refractivity contribution in [3.8, 4) is 0 Å². The Morgan fingerprint density at radius 3 is 1.33 bits per heavy atom. The van der Waals surface area contributed by atoms with E-state index in [1.165, 1.54) is 23.7 Å². The van der Waals surface area contributed by atoms with E-state index in [1.807, 2.05) is 0 Å². The topological polar surface area (TPSA) is 0 Å². The molecular formula is C26H30Cl2SiZr+2. The normalized spacial score (nSPS) is 24.6. The third-order valence-corrected chi connectivity index (χ3v) is 9.77. The van der Waals surface area contributed by atoms with E-state index in [9.17, 15) is 0 Å². The Hall–Kier alpha value is 0.640. The molecule has 4 aliphatic carbocycles. The minimum absolute atomic E-state index is 0.544. The Labute approximate surface area is 205 Å². The fourth-order valence-electron chi connectivity index (χ4n) is 4.92. The van der Waals surface area contributed by atoms with E-state index in [1.54, 1.807) is 22.9 Å². The van der Waals surface area contributed by atoms with E-state index in [0.717, 1.165) is 0 Å². The Balaban J connectivity index is 0.000000806. The van der Waals surface area contributed by atoms with Crippen LogP contribution in [0.1, 0.15) is 27.7 Å². The SMILES string of the molecule is CC(C)[C]1[CH][C]2C=CC=C[C]2[C]1[Si](C)(C)[C]1[C]2C=CC=C[C]2[CH][C]1C(C)C.[Cl][Zr+2][Cl]. The zero-order valence-corrected chi connectivity index (χ0v) is 23.7. The average molecular weight is 533 g/mol. The fourth-order valence-corrected chi connectivity index (χ4v) is 9.14. The molecule has 0 amide bonds. The molecular weight excluding hydrogens is 503 g/mol. The van der Waals surface area contributed by atoms with Gasteiger partial charge in [-0.15, -0.1) is 0 Å². The first-order valence-corrected chi connectivity index (χ1v) is 19.9. The van der Waals surface area contributed by atoms with Crippen molar-refractivity contribution in [3.05, 3.63) is 108 Å². The molecule has 0 N–H and O–H groups in total. The molecule has 2 saturated carbocycles. The van der Waals surface area contributed by atoms with Crippen LogP contribution in [0.2, 0.25) is 13.1 Å². The van der Waals surface area contributed by atoms with Gasteiger partial charge in [0.2, 0.25) is 0 Å². The van der Waals surface area contributed by atoms with E-state index in [2.05, 4.69) is 102 Å². The van der Waals surface area contributed by atoms with Gasteiger partial charge in [0.05, 0.1) is 8.07 Å². The van der Waals surface area contributed by atoms with Gasteiger partial charge in [-0.3, -0.25) is 0 Å². The van der Waals surface area contributed by atoms with Gasteiger partial charge in [0.25, 0.3) is 0 Å². The second-order valence-electron chi connectivity index (χ2n) is 9.13. The van der Waals surface area contributed by atoms with E-state index in [4.69, 9.17) is 17.0 Å². The molecule has 0 aromatic heterocycles. The van der Waals surface area contributed by atoms with Crippen LogP contribution in [0, 0.1) is 71.3 Å². The van der Waals surface area contributed by atoms with Crippen molar-refractivity contribution in [1.29, 1.82) is 0 Å². The first-order chi connectivity index (χ1) is 14.2. The zero-order chi connectivity index (χ0) is 22.1. The Bertz CT molecular complexity index is 637. The molecule has 0 aromatic carbocycles. The third-order valence-electron chi connectivity index (χ3n) is 6.15. The molecule has 10 radical (unpaired) electrons. The summed E-state index contributed by atoms with van der Waals surface area (Å²) in [7, 11) is 7.97. The molecule has 30 heavy (non-hydrogen) atoms. The standard InChI is InChI=1S/C26H30Si.2ClH.Zr/c1-17(2)23-15-19-11-7-9-13-21(19)25(23)27(5,6)26-22-14-10-8-12-20(22)16-24(26)18(3)4;;;/h7-18H,1-6H3;2*1H;/q;;;+4/p-2. The van der Waals surface area contributed by atoms with Gasteiger partial charge >= 0.3 is 37.9 Å². The van der Waals surface area contributed by atoms with Crippen LogP contribution < -0.4 is 0 Å². The number of hydrogen-bond acceptors (Lipinski definition) is 0. The minimum atomic E-state index is -1.89. The van der Waals surface area contributed by atoms with Crippen molar-refractivity contribution < 1.29 is 20.8 Å². The van der Waals surface area contributed by atoms with Crippen LogP contribution in [0.25, 0.3) is 0 Å². The number of hydrogen-bond donors (Lipinski definition) is 0. The van der Waals surface area contributed by atoms with Crippen molar-refractivity contribution in [1.82, 2.24) is 0 Å². The molecule has 0 heterocycles. The number of rotatable bonds is 4. The van der Waals surface area contributed by atoms with E-state index < -0.39 is 28.9 Å². The summed E-state index contributed by atoms with van der Waals surface area (Å²) in [6, 6.07) is 0. The third kappa shape index (κ3) is 4.93. The van der Waals surface area contributed by atoms with Crippen molar-refractivity contribution in [3.63, 3.8) is 0 Å². The Morgan fingerprint density at radius 2 is 1.00 bits per heavy atom. The molecule has 0 atom stereocenters. The molecule has 154 valence electrons. The van der Waals surface area contributed by atoms with Crippen LogP contribution >= 0.6 is 17.0 Å². The molecule has 4 aliphatic rings. The van der Waals surface area contributed by atoms with Gasteiger partial charge in [-0.05, 0) is 47.6 Å². The predicted octanol–water partition coefficient (Wildman–Crippen LogP) is 7.75. The molecule has 0 unspecified atom stereocenters. The number of allylic oxidation sites excluding steroid dienone is 8. The number of halogens is 2. The van der Waals surface area contributed by atoms with E-state index in [-0.39, 0.29) is 0 Å². The second kappa shape index (κ2) is 10.7. The van der Waals surface area contributed by atoms with Gasteiger partial charge < -0.3 is 0 Å². The van der Waals surface area contributed by atoms with Crippen molar-refractivity contribution in [2.24, 2.45) is 11.8 Å². The molecule has 0 nitrogen and oxygen atoms in total. The summed E-state index contributed by atoms with van der Waals surface area (Å²) in [5.74, 6) is 9.93. The summed E-state index contributed by atoms with van der Waals surface area (Å²) < 4.78 is 0. The second-order valence-corrected chi connectivity index (χ2v) is 17.1. The van der Waals surface area contributed by atoms with Crippen molar-refractivity contribution in [2.75, 3.05) is 0 Å². The quantitative estimate of drug-likeness (QED) is 0.325. The fraction of sp³-hybridized carbons (Fsp3) is 0.308. The summed E-state index contributed by atoms with van der Waals surface area (Å²) in [6.45, 7) is 14.5. The molecule has 0 aromatic rings. The Morgan fingerprint density at radius 1 is 0.667 bits per heavy atom. The molecule has 0 aliphatic heterocycles. The van der Waals surface area contributed by atoms with Crippen molar-refractivity contribution >= 4 is 25.1 Å². The summed E-state index contributed by atoms with van der Waals surface area (Å²) in [5, 5.41) is 0. The van der Waals surface area contributed by atoms with Gasteiger partial charge in [0.1, 0.15) is 0 Å². The maximum absolute atomic E-state index is 4.93. The van der Waals surface area contributed by atoms with Crippen LogP contribution in [0.3, 0.4) is 0 Å². The molecule has 0 saturated heterocycles.